The Hall–Kier alpha value is -2.02. The number of hydrogen-bond acceptors (Lipinski definition) is 5. The van der Waals surface area contributed by atoms with Crippen LogP contribution in [0, 0.1) is 0 Å². The number of nitrogens with zero attached hydrogens (tertiary/aromatic N) is 1. The molecule has 0 saturated carbocycles. The molecule has 21 heavy (non-hydrogen) atoms. The molecule has 2 aromatic heterocycles. The summed E-state index contributed by atoms with van der Waals surface area (Å²) in [4.78, 5) is 21.1. The van der Waals surface area contributed by atoms with Crippen LogP contribution in [0.15, 0.2) is 41.2 Å². The van der Waals surface area contributed by atoms with E-state index in [1.54, 1.807) is 0 Å². The minimum atomic E-state index is -0.126. The fraction of sp³-hybridized carbons (Fsp3) is 0.200. The molecule has 0 fully saturated rings. The summed E-state index contributed by atoms with van der Waals surface area (Å²) < 4.78 is 0. The van der Waals surface area contributed by atoms with Gasteiger partial charge in [-0.25, -0.2) is 4.98 Å². The van der Waals surface area contributed by atoms with E-state index in [1.807, 2.05) is 36.4 Å². The van der Waals surface area contributed by atoms with Crippen LogP contribution in [-0.2, 0) is 6.54 Å². The van der Waals surface area contributed by atoms with Gasteiger partial charge in [-0.1, -0.05) is 30.3 Å². The van der Waals surface area contributed by atoms with E-state index in [0.29, 0.717) is 24.3 Å². The van der Waals surface area contributed by atoms with E-state index < -0.39 is 0 Å². The van der Waals surface area contributed by atoms with Gasteiger partial charge in [0, 0.05) is 11.4 Å². The Bertz CT molecular complexity index is 796. The first-order valence-electron chi connectivity index (χ1n) is 6.67. The molecule has 0 atom stereocenters. The topological polar surface area (TPSA) is 78.0 Å². The molecule has 0 aliphatic carbocycles. The van der Waals surface area contributed by atoms with Gasteiger partial charge in [0.15, 0.2) is 0 Å². The predicted molar refractivity (Wildman–Crippen MR) is 84.5 cm³/mol. The summed E-state index contributed by atoms with van der Waals surface area (Å²) in [5, 5.41) is 12.4. The maximum Gasteiger partial charge on any atom is 0.259 e. The van der Waals surface area contributed by atoms with Gasteiger partial charge in [0.1, 0.15) is 10.7 Å². The SMILES string of the molecule is O=c1[nH]c(CNCCO)nc2sc(-c3ccccc3)cc12. The van der Waals surface area contributed by atoms with Crippen molar-refractivity contribution in [1.29, 1.82) is 0 Å². The standard InChI is InChI=1S/C15H15N3O2S/c19-7-6-16-9-13-17-14(20)11-8-12(21-15(11)18-13)10-4-2-1-3-5-10/h1-5,8,16,19H,6-7,9H2,(H,17,18,20). The van der Waals surface area contributed by atoms with Crippen LogP contribution in [0.4, 0.5) is 0 Å². The van der Waals surface area contributed by atoms with Crippen molar-refractivity contribution < 1.29 is 5.11 Å². The number of nitrogens with one attached hydrogen (secondary N) is 2. The molecule has 3 aromatic rings. The van der Waals surface area contributed by atoms with Crippen LogP contribution in [0.2, 0.25) is 0 Å². The molecule has 3 rings (SSSR count). The summed E-state index contributed by atoms with van der Waals surface area (Å²) in [5.74, 6) is 0.586. The lowest BCUT2D eigenvalue weighted by Crippen LogP contribution is -2.21. The smallest absolute Gasteiger partial charge is 0.259 e. The monoisotopic (exact) mass is 301 g/mol. The fourth-order valence-electron chi connectivity index (χ4n) is 2.09. The molecule has 0 amide bonds. The van der Waals surface area contributed by atoms with Crippen LogP contribution in [0.1, 0.15) is 5.82 Å². The Morgan fingerprint density at radius 2 is 2.10 bits per heavy atom. The second-order valence-electron chi connectivity index (χ2n) is 4.61. The Labute approximate surface area is 125 Å². The third-order valence-corrected chi connectivity index (χ3v) is 4.17. The number of H-pyrrole nitrogens is 1. The molecule has 0 saturated heterocycles. The Balaban J connectivity index is 1.97. The van der Waals surface area contributed by atoms with Crippen LogP contribution in [0.3, 0.4) is 0 Å². The van der Waals surface area contributed by atoms with Crippen molar-refractivity contribution in [2.45, 2.75) is 6.54 Å². The minimum absolute atomic E-state index is 0.0592. The molecule has 0 spiro atoms. The number of aliphatic hydroxyl groups excluding tert-OH is 1. The van der Waals surface area contributed by atoms with Crippen LogP contribution in [0.5, 0.6) is 0 Å². The molecule has 5 nitrogen and oxygen atoms in total. The van der Waals surface area contributed by atoms with Gasteiger partial charge in [0.05, 0.1) is 18.5 Å². The Kier molecular flexibility index (Phi) is 4.10. The molecule has 3 N–H and O–H groups in total. The summed E-state index contributed by atoms with van der Waals surface area (Å²) in [6.07, 6.45) is 0. The van der Waals surface area contributed by atoms with Gasteiger partial charge >= 0.3 is 0 Å². The molecule has 1 aromatic carbocycles. The van der Waals surface area contributed by atoms with Crippen molar-refractivity contribution in [2.75, 3.05) is 13.2 Å². The number of thiophene rings is 1. The molecule has 6 heteroatoms. The number of fused-ring (bicyclic) bond motifs is 1. The van der Waals surface area contributed by atoms with Gasteiger partial charge in [-0.2, -0.15) is 0 Å². The van der Waals surface area contributed by atoms with E-state index in [0.717, 1.165) is 15.3 Å². The van der Waals surface area contributed by atoms with Gasteiger partial charge in [0.2, 0.25) is 0 Å². The van der Waals surface area contributed by atoms with E-state index in [-0.39, 0.29) is 12.2 Å². The summed E-state index contributed by atoms with van der Waals surface area (Å²) in [6.45, 7) is 0.968. The second kappa shape index (κ2) is 6.17. The highest BCUT2D eigenvalue weighted by Crippen LogP contribution is 2.30. The number of aliphatic hydroxyl groups is 1. The summed E-state index contributed by atoms with van der Waals surface area (Å²) in [6, 6.07) is 11.8. The molecule has 0 aliphatic heterocycles. The lowest BCUT2D eigenvalue weighted by Gasteiger charge is -2.01. The van der Waals surface area contributed by atoms with Crippen molar-refractivity contribution in [3.63, 3.8) is 0 Å². The highest BCUT2D eigenvalue weighted by Gasteiger charge is 2.09. The summed E-state index contributed by atoms with van der Waals surface area (Å²) >= 11 is 1.51. The van der Waals surface area contributed by atoms with Crippen LogP contribution >= 0.6 is 11.3 Å². The van der Waals surface area contributed by atoms with Crippen LogP contribution in [-0.4, -0.2) is 28.2 Å². The van der Waals surface area contributed by atoms with Crippen LogP contribution < -0.4 is 10.9 Å². The van der Waals surface area contributed by atoms with E-state index in [4.69, 9.17) is 5.11 Å². The first-order valence-corrected chi connectivity index (χ1v) is 7.49. The van der Waals surface area contributed by atoms with E-state index >= 15 is 0 Å². The number of aromatic amines is 1. The third kappa shape index (κ3) is 3.02. The van der Waals surface area contributed by atoms with Crippen molar-refractivity contribution >= 4 is 21.6 Å². The molecule has 2 heterocycles. The van der Waals surface area contributed by atoms with Gasteiger partial charge in [-0.05, 0) is 11.6 Å². The van der Waals surface area contributed by atoms with Crippen molar-refractivity contribution in [3.8, 4) is 10.4 Å². The summed E-state index contributed by atoms with van der Waals surface area (Å²) in [7, 11) is 0. The van der Waals surface area contributed by atoms with Gasteiger partial charge < -0.3 is 15.4 Å². The molecular formula is C15H15N3O2S. The van der Waals surface area contributed by atoms with Gasteiger partial charge in [0.25, 0.3) is 5.56 Å². The highest BCUT2D eigenvalue weighted by atomic mass is 32.1. The van der Waals surface area contributed by atoms with E-state index in [1.165, 1.54) is 11.3 Å². The fourth-order valence-corrected chi connectivity index (χ4v) is 3.15. The van der Waals surface area contributed by atoms with Crippen LogP contribution in [0.25, 0.3) is 20.7 Å². The Morgan fingerprint density at radius 1 is 1.29 bits per heavy atom. The van der Waals surface area contributed by atoms with Crippen molar-refractivity contribution in [2.24, 2.45) is 0 Å². The molecule has 0 bridgehead atoms. The molecular weight excluding hydrogens is 286 g/mol. The first kappa shape index (κ1) is 13.9. The maximum atomic E-state index is 12.1. The second-order valence-corrected chi connectivity index (χ2v) is 5.64. The molecule has 0 unspecified atom stereocenters. The summed E-state index contributed by atoms with van der Waals surface area (Å²) in [5.41, 5.74) is 0.957. The van der Waals surface area contributed by atoms with E-state index in [9.17, 15) is 4.79 Å². The quantitative estimate of drug-likeness (QED) is 0.627. The zero-order valence-corrected chi connectivity index (χ0v) is 12.1. The Morgan fingerprint density at radius 3 is 2.86 bits per heavy atom. The molecule has 0 aliphatic rings. The average Bonchev–Trinajstić information content (AvgIpc) is 2.93. The zero-order chi connectivity index (χ0) is 14.7. The maximum absolute atomic E-state index is 12.1. The average molecular weight is 301 g/mol. The third-order valence-electron chi connectivity index (χ3n) is 3.09. The van der Waals surface area contributed by atoms with Gasteiger partial charge in [-0.3, -0.25) is 4.79 Å². The predicted octanol–water partition coefficient (Wildman–Crippen LogP) is 1.73. The van der Waals surface area contributed by atoms with Gasteiger partial charge in [-0.15, -0.1) is 11.3 Å². The number of rotatable bonds is 5. The molecule has 0 radical (unpaired) electrons. The normalized spacial score (nSPS) is 11.1. The van der Waals surface area contributed by atoms with Crippen molar-refractivity contribution in [3.05, 3.63) is 52.6 Å². The largest absolute Gasteiger partial charge is 0.395 e. The number of aromatic nitrogens is 2. The number of hydrogen-bond donors (Lipinski definition) is 3. The molecule has 108 valence electrons. The van der Waals surface area contributed by atoms with Crippen molar-refractivity contribution in [1.82, 2.24) is 15.3 Å². The highest BCUT2D eigenvalue weighted by molar-refractivity contribution is 7.21. The lowest BCUT2D eigenvalue weighted by molar-refractivity contribution is 0.291. The minimum Gasteiger partial charge on any atom is -0.395 e. The number of benzene rings is 1. The lowest BCUT2D eigenvalue weighted by atomic mass is 10.2. The van der Waals surface area contributed by atoms with E-state index in [2.05, 4.69) is 15.3 Å². The first-order chi connectivity index (χ1) is 10.3. The zero-order valence-electron chi connectivity index (χ0n) is 11.3.